The van der Waals surface area contributed by atoms with E-state index in [4.69, 9.17) is 5.73 Å². The summed E-state index contributed by atoms with van der Waals surface area (Å²) in [4.78, 5) is 28.1. The van der Waals surface area contributed by atoms with Gasteiger partial charge in [0.05, 0.1) is 17.5 Å². The van der Waals surface area contributed by atoms with Crippen LogP contribution < -0.4 is 22.0 Å². The number of aromatic nitrogens is 1. The summed E-state index contributed by atoms with van der Waals surface area (Å²) in [6, 6.07) is 8.61. The van der Waals surface area contributed by atoms with Crippen molar-refractivity contribution in [2.24, 2.45) is 16.0 Å². The number of carbonyl (C=O) groups excluding carboxylic acids is 1. The molecule has 0 aliphatic carbocycles. The van der Waals surface area contributed by atoms with E-state index in [0.29, 0.717) is 24.3 Å². The van der Waals surface area contributed by atoms with Gasteiger partial charge in [-0.3, -0.25) is 9.59 Å². The Bertz CT molecular complexity index is 1300. The number of anilines is 1. The van der Waals surface area contributed by atoms with Crippen LogP contribution in [0.4, 0.5) is 17.1 Å². The number of amides is 1. The van der Waals surface area contributed by atoms with Gasteiger partial charge in [-0.2, -0.15) is 15.1 Å². The molecule has 1 aromatic carbocycles. The Balaban J connectivity index is 2.24. The number of nitrogens with zero attached hydrogens (tertiary/aromatic N) is 5. The molecule has 0 bridgehead atoms. The monoisotopic (exact) mass is 622 g/mol. The minimum Gasteiger partial charge on any atom is -0.492 e. The summed E-state index contributed by atoms with van der Waals surface area (Å²) in [6.07, 6.45) is 14.2. The summed E-state index contributed by atoms with van der Waals surface area (Å²) in [7, 11) is 1.71. The third-order valence-electron chi connectivity index (χ3n) is 7.87. The molecule has 1 unspecified atom stereocenters. The number of carbonyl (C=O) groups is 1. The predicted molar refractivity (Wildman–Crippen MR) is 182 cm³/mol. The smallest absolute Gasteiger partial charge is 0.301 e. The van der Waals surface area contributed by atoms with Crippen molar-refractivity contribution >= 4 is 23.0 Å². The Labute approximate surface area is 268 Å². The maximum atomic E-state index is 13.5. The number of pyridine rings is 1. The highest BCUT2D eigenvalue weighted by molar-refractivity contribution is 5.94. The molecule has 0 saturated carbocycles. The van der Waals surface area contributed by atoms with Crippen molar-refractivity contribution in [1.82, 2.24) is 9.58 Å². The van der Waals surface area contributed by atoms with Crippen molar-refractivity contribution in [3.8, 4) is 11.9 Å². The molecular formula is C34H54N8O3. The lowest BCUT2D eigenvalue weighted by Crippen LogP contribution is -2.43. The Morgan fingerprint density at radius 2 is 1.53 bits per heavy atom. The summed E-state index contributed by atoms with van der Waals surface area (Å²) >= 11 is 0. The summed E-state index contributed by atoms with van der Waals surface area (Å²) < 4.78 is 0.981. The van der Waals surface area contributed by atoms with Crippen LogP contribution in [0.2, 0.25) is 0 Å². The average molecular weight is 623 g/mol. The molecule has 0 fully saturated rings. The number of azo groups is 1. The fraction of sp³-hybridized carbons (Fsp3) is 0.618. The first-order valence-corrected chi connectivity index (χ1v) is 16.7. The normalized spacial score (nSPS) is 11.8. The highest BCUT2D eigenvalue weighted by Crippen LogP contribution is 2.32. The number of nitrogens with one attached hydrogen (secondary N) is 2. The third kappa shape index (κ3) is 11.8. The van der Waals surface area contributed by atoms with Gasteiger partial charge in [-0.15, -0.1) is 5.11 Å². The summed E-state index contributed by atoms with van der Waals surface area (Å²) in [5.41, 5.74) is 9.50. The van der Waals surface area contributed by atoms with Crippen LogP contribution in [-0.2, 0) is 0 Å². The number of nitriles is 1. The standard InChI is InChI=1S/C34H54N8O3/c1-5-8-11-13-15-17-24-38-42-33(44)28(25-35)30(37-23-10-7-3)31(34(42)45)40-39-27-21-19-26(20-22-27)32(43)41(4)29(36)18-16-14-12-9-6-2/h19-22,29,37-38,44H,5-18,23-24,36H2,1-4H3. The maximum absolute atomic E-state index is 13.5. The van der Waals surface area contributed by atoms with Crippen molar-refractivity contribution < 1.29 is 9.90 Å². The molecular weight excluding hydrogens is 568 g/mol. The molecule has 1 aromatic heterocycles. The van der Waals surface area contributed by atoms with Crippen LogP contribution in [0.5, 0.6) is 5.88 Å². The molecule has 248 valence electrons. The lowest BCUT2D eigenvalue weighted by atomic mass is 10.1. The largest absolute Gasteiger partial charge is 0.492 e. The number of hydrogen-bond donors (Lipinski definition) is 4. The van der Waals surface area contributed by atoms with Gasteiger partial charge in [0.1, 0.15) is 11.6 Å². The summed E-state index contributed by atoms with van der Waals surface area (Å²) in [5, 5.41) is 32.4. The summed E-state index contributed by atoms with van der Waals surface area (Å²) in [5.74, 6) is -0.643. The first kappa shape index (κ1) is 37.3. The van der Waals surface area contributed by atoms with Gasteiger partial charge < -0.3 is 26.5 Å². The van der Waals surface area contributed by atoms with Crippen LogP contribution in [-0.4, -0.2) is 46.9 Å². The first-order chi connectivity index (χ1) is 21.8. The zero-order chi connectivity index (χ0) is 33.0. The van der Waals surface area contributed by atoms with E-state index in [1.807, 2.05) is 13.0 Å². The van der Waals surface area contributed by atoms with E-state index < -0.39 is 11.4 Å². The van der Waals surface area contributed by atoms with E-state index in [1.165, 1.54) is 38.5 Å². The van der Waals surface area contributed by atoms with Gasteiger partial charge >= 0.3 is 5.56 Å². The molecule has 0 aliphatic rings. The van der Waals surface area contributed by atoms with Crippen LogP contribution in [0.25, 0.3) is 0 Å². The van der Waals surface area contributed by atoms with E-state index >= 15 is 0 Å². The number of nitrogens with two attached hydrogens (primary N) is 1. The van der Waals surface area contributed by atoms with Crippen molar-refractivity contribution in [2.45, 2.75) is 117 Å². The molecule has 2 aromatic rings. The van der Waals surface area contributed by atoms with E-state index in [1.54, 1.807) is 36.2 Å². The van der Waals surface area contributed by atoms with Gasteiger partial charge in [-0.25, -0.2) is 0 Å². The molecule has 1 atom stereocenters. The van der Waals surface area contributed by atoms with E-state index in [-0.39, 0.29) is 29.0 Å². The Morgan fingerprint density at radius 1 is 0.933 bits per heavy atom. The van der Waals surface area contributed by atoms with Crippen LogP contribution in [0.3, 0.4) is 0 Å². The Hall–Kier alpha value is -3.91. The zero-order valence-corrected chi connectivity index (χ0v) is 27.8. The summed E-state index contributed by atoms with van der Waals surface area (Å²) in [6.45, 7) is 7.33. The van der Waals surface area contributed by atoms with Gasteiger partial charge in [-0.05, 0) is 43.5 Å². The fourth-order valence-electron chi connectivity index (χ4n) is 4.94. The Kier molecular flexibility index (Phi) is 17.3. The van der Waals surface area contributed by atoms with Gasteiger partial charge in [0.25, 0.3) is 5.91 Å². The van der Waals surface area contributed by atoms with Crippen LogP contribution in [0.15, 0.2) is 39.3 Å². The molecule has 11 heteroatoms. The molecule has 1 heterocycles. The van der Waals surface area contributed by atoms with E-state index in [9.17, 15) is 20.0 Å². The second kappa shape index (κ2) is 20.9. The number of aromatic hydroxyl groups is 1. The molecule has 0 spiro atoms. The van der Waals surface area contributed by atoms with Gasteiger partial charge in [0, 0.05) is 25.7 Å². The van der Waals surface area contributed by atoms with Gasteiger partial charge in [0.15, 0.2) is 5.69 Å². The van der Waals surface area contributed by atoms with Gasteiger partial charge in [-0.1, -0.05) is 91.4 Å². The minimum atomic E-state index is -0.614. The molecule has 11 nitrogen and oxygen atoms in total. The topological polar surface area (TPSA) is 161 Å². The van der Waals surface area contributed by atoms with Crippen molar-refractivity contribution in [3.05, 3.63) is 45.7 Å². The number of benzene rings is 1. The van der Waals surface area contributed by atoms with Gasteiger partial charge in [0.2, 0.25) is 5.88 Å². The maximum Gasteiger partial charge on any atom is 0.301 e. The molecule has 5 N–H and O–H groups in total. The molecule has 1 amide bonds. The predicted octanol–water partition coefficient (Wildman–Crippen LogP) is 7.67. The number of rotatable bonds is 22. The fourth-order valence-corrected chi connectivity index (χ4v) is 4.94. The van der Waals surface area contributed by atoms with Crippen LogP contribution in [0.1, 0.15) is 127 Å². The number of unbranched alkanes of at least 4 members (excludes halogenated alkanes) is 10. The van der Waals surface area contributed by atoms with Crippen LogP contribution >= 0.6 is 0 Å². The minimum absolute atomic E-state index is 0.0826. The zero-order valence-electron chi connectivity index (χ0n) is 27.8. The highest BCUT2D eigenvalue weighted by atomic mass is 16.3. The molecule has 45 heavy (non-hydrogen) atoms. The second-order valence-corrected chi connectivity index (χ2v) is 11.6. The SMILES string of the molecule is CCCCCCCCNn1c(O)c(C#N)c(NCCCC)c(N=Nc2ccc(C(=O)N(C)C(N)CCCCCCC)cc2)c1=O. The number of hydrogen-bond acceptors (Lipinski definition) is 9. The third-order valence-corrected chi connectivity index (χ3v) is 7.87. The second-order valence-electron chi connectivity index (χ2n) is 11.6. The van der Waals surface area contributed by atoms with Crippen molar-refractivity contribution in [3.63, 3.8) is 0 Å². The molecule has 0 aliphatic heterocycles. The molecule has 0 radical (unpaired) electrons. The lowest BCUT2D eigenvalue weighted by Gasteiger charge is -2.25. The molecule has 2 rings (SSSR count). The first-order valence-electron chi connectivity index (χ1n) is 16.7. The average Bonchev–Trinajstić information content (AvgIpc) is 3.05. The quantitative estimate of drug-likeness (QED) is 0.0595. The lowest BCUT2D eigenvalue weighted by molar-refractivity contribution is 0.0726. The van der Waals surface area contributed by atoms with E-state index in [2.05, 4.69) is 34.8 Å². The van der Waals surface area contributed by atoms with Crippen molar-refractivity contribution in [1.29, 1.82) is 5.26 Å². The Morgan fingerprint density at radius 3 is 2.16 bits per heavy atom. The van der Waals surface area contributed by atoms with Crippen LogP contribution in [0, 0.1) is 11.3 Å². The van der Waals surface area contributed by atoms with Crippen molar-refractivity contribution in [2.75, 3.05) is 30.9 Å². The molecule has 0 saturated heterocycles. The highest BCUT2D eigenvalue weighted by Gasteiger charge is 2.22. The van der Waals surface area contributed by atoms with E-state index in [0.717, 1.165) is 56.0 Å².